The fourth-order valence-electron chi connectivity index (χ4n) is 5.13. The van der Waals surface area contributed by atoms with Crippen molar-refractivity contribution >= 4 is 12.0 Å². The molecule has 2 saturated heterocycles. The van der Waals surface area contributed by atoms with Crippen LogP contribution < -0.4 is 9.47 Å². The summed E-state index contributed by atoms with van der Waals surface area (Å²) in [5.41, 5.74) is 1.12. The molecule has 8 N–H and O–H groups in total. The number of carbonyl (C=O) groups is 1. The van der Waals surface area contributed by atoms with Crippen molar-refractivity contribution in [2.24, 2.45) is 0 Å². The van der Waals surface area contributed by atoms with Gasteiger partial charge in [0.1, 0.15) is 42.7 Å². The van der Waals surface area contributed by atoms with Crippen molar-refractivity contribution in [1.29, 1.82) is 0 Å². The van der Waals surface area contributed by atoms with Crippen molar-refractivity contribution < 1.29 is 78.8 Å². The number of ether oxygens (including phenoxy) is 7. The minimum absolute atomic E-state index is 0.0539. The van der Waals surface area contributed by atoms with Crippen LogP contribution >= 0.6 is 0 Å². The summed E-state index contributed by atoms with van der Waals surface area (Å²) in [4.78, 5) is 12.9. The number of aromatic hydroxyl groups is 2. The van der Waals surface area contributed by atoms with E-state index in [4.69, 9.17) is 33.2 Å². The standard InChI is InChI=1S/C31H40O16/c1-41-19-7-4-16(11-18(19)35)9-10-43-30-27(40)29(47-31-26(39)25(38)24(37)21(13-32)44-31)28(22(14-33)45-30)46-23(36)8-5-15-3-6-17(34)20(12-15)42-2/h3-8,11-12,21-22,24-35,37-40H,9-10,13-14H2,1-2H3/b8-5+/t21-,22-,24-,25+,26-,27-,28+,29-,30-,31-/m1/s1. The molecule has 0 aliphatic carbocycles. The Bertz CT molecular complexity index is 1350. The molecule has 4 rings (SSSR count). The number of aliphatic hydroxyl groups is 6. The molecule has 0 spiro atoms. The molecule has 0 aromatic heterocycles. The predicted molar refractivity (Wildman–Crippen MR) is 158 cm³/mol. The lowest BCUT2D eigenvalue weighted by molar-refractivity contribution is -0.360. The van der Waals surface area contributed by atoms with Gasteiger partial charge in [0.15, 0.2) is 41.7 Å². The molecule has 16 nitrogen and oxygen atoms in total. The van der Waals surface area contributed by atoms with E-state index < -0.39 is 80.6 Å². The Morgan fingerprint density at radius 1 is 0.787 bits per heavy atom. The van der Waals surface area contributed by atoms with Gasteiger partial charge in [0, 0.05) is 6.08 Å². The topological polar surface area (TPSA) is 244 Å². The van der Waals surface area contributed by atoms with Crippen LogP contribution in [0.5, 0.6) is 23.0 Å². The van der Waals surface area contributed by atoms with E-state index >= 15 is 0 Å². The van der Waals surface area contributed by atoms with Crippen molar-refractivity contribution in [3.63, 3.8) is 0 Å². The zero-order chi connectivity index (χ0) is 34.2. The monoisotopic (exact) mass is 668 g/mol. The minimum atomic E-state index is -1.86. The molecule has 2 aliphatic heterocycles. The second-order valence-corrected chi connectivity index (χ2v) is 10.8. The molecule has 10 atom stereocenters. The Kier molecular flexibility index (Phi) is 12.8. The van der Waals surface area contributed by atoms with Crippen molar-refractivity contribution in [3.05, 3.63) is 53.6 Å². The quantitative estimate of drug-likeness (QED) is 0.0900. The van der Waals surface area contributed by atoms with Gasteiger partial charge in [0.25, 0.3) is 0 Å². The molecule has 2 heterocycles. The summed E-state index contributed by atoms with van der Waals surface area (Å²) in [6.45, 7) is -1.55. The Labute approximate surface area is 269 Å². The number of benzene rings is 2. The highest BCUT2D eigenvalue weighted by atomic mass is 16.7. The fraction of sp³-hybridized carbons (Fsp3) is 0.516. The number of hydrogen-bond donors (Lipinski definition) is 8. The summed E-state index contributed by atoms with van der Waals surface area (Å²) in [6.07, 6.45) is -13.5. The average Bonchev–Trinajstić information content (AvgIpc) is 3.06. The Hall–Kier alpha value is -3.55. The lowest BCUT2D eigenvalue weighted by Crippen LogP contribution is -2.65. The molecule has 2 aliphatic rings. The maximum atomic E-state index is 12.9. The summed E-state index contributed by atoms with van der Waals surface area (Å²) < 4.78 is 38.4. The van der Waals surface area contributed by atoms with Crippen LogP contribution in [0.3, 0.4) is 0 Å². The third-order valence-electron chi connectivity index (χ3n) is 7.72. The molecule has 0 radical (unpaired) electrons. The molecule has 0 bridgehead atoms. The molecule has 0 unspecified atom stereocenters. The number of phenolic OH excluding ortho intramolecular Hbond substituents is 2. The summed E-state index contributed by atoms with van der Waals surface area (Å²) in [5.74, 6) is -0.725. The molecule has 2 aromatic carbocycles. The summed E-state index contributed by atoms with van der Waals surface area (Å²) in [6, 6.07) is 9.06. The predicted octanol–water partition coefficient (Wildman–Crippen LogP) is -1.44. The van der Waals surface area contributed by atoms with E-state index in [0.717, 1.165) is 6.08 Å². The Morgan fingerprint density at radius 2 is 1.49 bits per heavy atom. The lowest BCUT2D eigenvalue weighted by atomic mass is 9.96. The molecule has 0 amide bonds. The number of aliphatic hydroxyl groups excluding tert-OH is 6. The van der Waals surface area contributed by atoms with Gasteiger partial charge in [-0.15, -0.1) is 0 Å². The first-order valence-electron chi connectivity index (χ1n) is 14.6. The fourth-order valence-corrected chi connectivity index (χ4v) is 5.13. The van der Waals surface area contributed by atoms with Crippen LogP contribution in [0.1, 0.15) is 11.1 Å². The summed E-state index contributed by atoms with van der Waals surface area (Å²) in [7, 11) is 2.77. The summed E-state index contributed by atoms with van der Waals surface area (Å²) in [5, 5.41) is 82.0. The van der Waals surface area contributed by atoms with Gasteiger partial charge in [-0.25, -0.2) is 4.79 Å². The van der Waals surface area contributed by atoms with Crippen molar-refractivity contribution in [2.45, 2.75) is 67.8 Å². The van der Waals surface area contributed by atoms with Gasteiger partial charge in [-0.2, -0.15) is 0 Å². The first-order chi connectivity index (χ1) is 22.5. The molecule has 260 valence electrons. The maximum Gasteiger partial charge on any atom is 0.331 e. The minimum Gasteiger partial charge on any atom is -0.504 e. The number of phenols is 2. The number of methoxy groups -OCH3 is 2. The molecule has 16 heteroatoms. The van der Waals surface area contributed by atoms with Gasteiger partial charge >= 0.3 is 5.97 Å². The smallest absolute Gasteiger partial charge is 0.331 e. The second kappa shape index (κ2) is 16.5. The normalized spacial score (nSPS) is 31.1. The third-order valence-corrected chi connectivity index (χ3v) is 7.72. The molecule has 0 saturated carbocycles. The maximum absolute atomic E-state index is 12.9. The molecular formula is C31H40O16. The zero-order valence-corrected chi connectivity index (χ0v) is 25.6. The number of esters is 1. The van der Waals surface area contributed by atoms with Gasteiger partial charge in [-0.05, 0) is 47.9 Å². The van der Waals surface area contributed by atoms with E-state index in [-0.39, 0.29) is 36.0 Å². The highest BCUT2D eigenvalue weighted by Crippen LogP contribution is 2.32. The van der Waals surface area contributed by atoms with Gasteiger partial charge in [0.05, 0.1) is 34.0 Å². The number of rotatable bonds is 13. The highest BCUT2D eigenvalue weighted by Gasteiger charge is 2.52. The van der Waals surface area contributed by atoms with Gasteiger partial charge in [0.2, 0.25) is 0 Å². The van der Waals surface area contributed by atoms with Crippen molar-refractivity contribution in [2.75, 3.05) is 34.0 Å². The molecule has 47 heavy (non-hydrogen) atoms. The third kappa shape index (κ3) is 8.68. The Morgan fingerprint density at radius 3 is 2.15 bits per heavy atom. The highest BCUT2D eigenvalue weighted by molar-refractivity contribution is 5.87. The van der Waals surface area contributed by atoms with E-state index in [2.05, 4.69) is 0 Å². The average molecular weight is 669 g/mol. The van der Waals surface area contributed by atoms with E-state index in [1.54, 1.807) is 12.1 Å². The number of hydrogen-bond acceptors (Lipinski definition) is 16. The van der Waals surface area contributed by atoms with Crippen molar-refractivity contribution in [1.82, 2.24) is 0 Å². The van der Waals surface area contributed by atoms with Crippen LogP contribution in [-0.4, -0.2) is 142 Å². The van der Waals surface area contributed by atoms with Crippen LogP contribution in [0.25, 0.3) is 6.08 Å². The SMILES string of the molecule is COc1ccc(CCO[C@@H]2O[C@H](CO)[C@H](OC(=O)/C=C/c3ccc(O)c(OC)c3)[C@H](O[C@H]3O[C@H](CO)[C@@H](O)[C@H](O)[C@H]3O)[C@H]2O)cc1O. The van der Waals surface area contributed by atoms with E-state index in [1.807, 2.05) is 0 Å². The van der Waals surface area contributed by atoms with Crippen LogP contribution in [0, 0.1) is 0 Å². The largest absolute Gasteiger partial charge is 0.504 e. The van der Waals surface area contributed by atoms with Gasteiger partial charge in [-0.3, -0.25) is 0 Å². The van der Waals surface area contributed by atoms with Crippen LogP contribution in [0.2, 0.25) is 0 Å². The number of carbonyl (C=O) groups excluding carboxylic acids is 1. The summed E-state index contributed by atoms with van der Waals surface area (Å²) >= 11 is 0. The van der Waals surface area contributed by atoms with E-state index in [0.29, 0.717) is 11.1 Å². The van der Waals surface area contributed by atoms with E-state index in [9.17, 15) is 45.6 Å². The van der Waals surface area contributed by atoms with Crippen LogP contribution in [-0.2, 0) is 34.9 Å². The van der Waals surface area contributed by atoms with Gasteiger partial charge < -0.3 is 74.0 Å². The molecule has 2 aromatic rings. The van der Waals surface area contributed by atoms with Crippen LogP contribution in [0.15, 0.2) is 42.5 Å². The van der Waals surface area contributed by atoms with E-state index in [1.165, 1.54) is 44.6 Å². The second-order valence-electron chi connectivity index (χ2n) is 10.8. The molecule has 2 fully saturated rings. The zero-order valence-electron chi connectivity index (χ0n) is 25.6. The lowest BCUT2D eigenvalue weighted by Gasteiger charge is -2.46. The van der Waals surface area contributed by atoms with Gasteiger partial charge in [-0.1, -0.05) is 12.1 Å². The molecular weight excluding hydrogens is 628 g/mol. The Balaban J connectivity index is 1.53. The van der Waals surface area contributed by atoms with Crippen LogP contribution in [0.4, 0.5) is 0 Å². The van der Waals surface area contributed by atoms with Crippen molar-refractivity contribution in [3.8, 4) is 23.0 Å². The first-order valence-corrected chi connectivity index (χ1v) is 14.6. The first kappa shape index (κ1) is 36.3.